The molecule has 4 nitrogen and oxygen atoms in total. The Bertz CT molecular complexity index is 956. The molecular formula is C19H16F4N4. The second kappa shape index (κ2) is 6.77. The van der Waals surface area contributed by atoms with E-state index in [2.05, 4.69) is 20.8 Å². The fraction of sp³-hybridized carbons (Fsp3) is 0.263. The number of alkyl halides is 4. The third-order valence-electron chi connectivity index (χ3n) is 4.64. The van der Waals surface area contributed by atoms with E-state index < -0.39 is 24.0 Å². The van der Waals surface area contributed by atoms with Gasteiger partial charge in [-0.1, -0.05) is 36.4 Å². The van der Waals surface area contributed by atoms with Gasteiger partial charge in [-0.15, -0.1) is 10.2 Å². The van der Waals surface area contributed by atoms with Crippen molar-refractivity contribution in [1.82, 2.24) is 15.5 Å². The lowest BCUT2D eigenvalue weighted by Gasteiger charge is -2.17. The molecule has 140 valence electrons. The van der Waals surface area contributed by atoms with Crippen LogP contribution in [0.15, 0.2) is 48.5 Å². The number of hydrogen-bond donors (Lipinski definition) is 2. The predicted octanol–water partition coefficient (Wildman–Crippen LogP) is 4.04. The molecule has 4 rings (SSSR count). The summed E-state index contributed by atoms with van der Waals surface area (Å²) in [5.41, 5.74) is 0.292. The van der Waals surface area contributed by atoms with Crippen LogP contribution in [0.3, 0.4) is 0 Å². The van der Waals surface area contributed by atoms with Gasteiger partial charge in [-0.2, -0.15) is 13.2 Å². The highest BCUT2D eigenvalue weighted by Crippen LogP contribution is 2.33. The first-order valence-electron chi connectivity index (χ1n) is 8.48. The summed E-state index contributed by atoms with van der Waals surface area (Å²) in [7, 11) is 0. The fourth-order valence-electron chi connectivity index (χ4n) is 3.20. The average Bonchev–Trinajstić information content (AvgIpc) is 3.06. The Hall–Kier alpha value is -2.74. The molecule has 1 aliphatic rings. The molecule has 0 spiro atoms. The molecule has 0 radical (unpaired) electrons. The van der Waals surface area contributed by atoms with Crippen molar-refractivity contribution in [2.45, 2.75) is 18.4 Å². The lowest BCUT2D eigenvalue weighted by molar-refractivity contribution is -0.137. The van der Waals surface area contributed by atoms with Crippen molar-refractivity contribution in [2.75, 3.05) is 18.4 Å². The maximum atomic E-state index is 13.9. The molecule has 0 saturated carbocycles. The molecule has 3 aromatic rings. The molecule has 2 N–H and O–H groups in total. The number of benzene rings is 2. The van der Waals surface area contributed by atoms with Crippen molar-refractivity contribution in [3.8, 4) is 11.3 Å². The standard InChI is InChI=1S/C19H16F4N4/c20-15-9-24-10-16(15)25-18-14-4-2-1-3-13(14)17(26-27-18)11-5-7-12(8-6-11)19(21,22)23/h1-8,15-16,24H,9-10H2,(H,25,27)/t15-,16+/m0/s1. The van der Waals surface area contributed by atoms with Crippen molar-refractivity contribution >= 4 is 16.6 Å². The Morgan fingerprint density at radius 3 is 2.26 bits per heavy atom. The highest BCUT2D eigenvalue weighted by atomic mass is 19.4. The van der Waals surface area contributed by atoms with E-state index in [0.717, 1.165) is 22.9 Å². The van der Waals surface area contributed by atoms with Gasteiger partial charge in [0.1, 0.15) is 11.9 Å². The van der Waals surface area contributed by atoms with Gasteiger partial charge in [0.2, 0.25) is 0 Å². The summed E-state index contributed by atoms with van der Waals surface area (Å²) in [4.78, 5) is 0. The van der Waals surface area contributed by atoms with Crippen molar-refractivity contribution in [3.05, 3.63) is 54.1 Å². The van der Waals surface area contributed by atoms with Gasteiger partial charge < -0.3 is 10.6 Å². The Kier molecular flexibility index (Phi) is 4.43. The molecule has 1 aliphatic heterocycles. The number of rotatable bonds is 3. The molecular weight excluding hydrogens is 360 g/mol. The predicted molar refractivity (Wildman–Crippen MR) is 95.2 cm³/mol. The average molecular weight is 376 g/mol. The number of fused-ring (bicyclic) bond motifs is 1. The molecule has 27 heavy (non-hydrogen) atoms. The summed E-state index contributed by atoms with van der Waals surface area (Å²) in [5.74, 6) is 0.456. The molecule has 2 atom stereocenters. The number of hydrogen-bond acceptors (Lipinski definition) is 4. The van der Waals surface area contributed by atoms with Gasteiger partial charge in [0.15, 0.2) is 5.82 Å². The largest absolute Gasteiger partial charge is 0.416 e. The Balaban J connectivity index is 1.73. The zero-order chi connectivity index (χ0) is 19.0. The summed E-state index contributed by atoms with van der Waals surface area (Å²) in [6.45, 7) is 0.768. The van der Waals surface area contributed by atoms with Crippen LogP contribution in [0.2, 0.25) is 0 Å². The molecule has 0 unspecified atom stereocenters. The summed E-state index contributed by atoms with van der Waals surface area (Å²) >= 11 is 0. The minimum absolute atomic E-state index is 0.284. The molecule has 2 heterocycles. The molecule has 1 saturated heterocycles. The van der Waals surface area contributed by atoms with Crippen LogP contribution in [-0.4, -0.2) is 35.5 Å². The van der Waals surface area contributed by atoms with E-state index in [9.17, 15) is 17.6 Å². The van der Waals surface area contributed by atoms with Crippen molar-refractivity contribution < 1.29 is 17.6 Å². The van der Waals surface area contributed by atoms with Gasteiger partial charge in [-0.3, -0.25) is 0 Å². The molecule has 0 bridgehead atoms. The van der Waals surface area contributed by atoms with E-state index in [1.165, 1.54) is 12.1 Å². The minimum Gasteiger partial charge on any atom is -0.361 e. The van der Waals surface area contributed by atoms with Gasteiger partial charge in [0.25, 0.3) is 0 Å². The third kappa shape index (κ3) is 3.44. The SMILES string of the molecule is F[C@H]1CNC[C@H]1Nc1nnc(-c2ccc(C(F)(F)F)cc2)c2ccccc12. The third-order valence-corrected chi connectivity index (χ3v) is 4.64. The van der Waals surface area contributed by atoms with Crippen LogP contribution in [0.25, 0.3) is 22.0 Å². The van der Waals surface area contributed by atoms with Crippen LogP contribution in [0.4, 0.5) is 23.4 Å². The van der Waals surface area contributed by atoms with Crippen molar-refractivity contribution in [2.24, 2.45) is 0 Å². The van der Waals surface area contributed by atoms with E-state index in [1.807, 2.05) is 24.3 Å². The number of aromatic nitrogens is 2. The van der Waals surface area contributed by atoms with E-state index >= 15 is 0 Å². The second-order valence-corrected chi connectivity index (χ2v) is 6.44. The zero-order valence-corrected chi connectivity index (χ0v) is 14.1. The molecule has 1 aromatic heterocycles. The smallest absolute Gasteiger partial charge is 0.361 e. The maximum Gasteiger partial charge on any atom is 0.416 e. The van der Waals surface area contributed by atoms with E-state index in [4.69, 9.17) is 0 Å². The molecule has 8 heteroatoms. The first-order valence-corrected chi connectivity index (χ1v) is 8.48. The van der Waals surface area contributed by atoms with Crippen LogP contribution < -0.4 is 10.6 Å². The van der Waals surface area contributed by atoms with Gasteiger partial charge in [0.05, 0.1) is 11.6 Å². The fourth-order valence-corrected chi connectivity index (χ4v) is 3.20. The zero-order valence-electron chi connectivity index (χ0n) is 14.1. The minimum atomic E-state index is -4.39. The van der Waals surface area contributed by atoms with Crippen LogP contribution in [-0.2, 0) is 6.18 Å². The van der Waals surface area contributed by atoms with Gasteiger partial charge in [0, 0.05) is 29.4 Å². The molecule has 0 amide bonds. The van der Waals surface area contributed by atoms with Crippen LogP contribution in [0.5, 0.6) is 0 Å². The number of halogens is 4. The number of nitrogens with one attached hydrogen (secondary N) is 2. The summed E-state index contributed by atoms with van der Waals surface area (Å²) in [6.07, 6.45) is -5.42. The maximum absolute atomic E-state index is 13.9. The number of anilines is 1. The first kappa shape index (κ1) is 17.7. The van der Waals surface area contributed by atoms with E-state index in [-0.39, 0.29) is 6.54 Å². The topological polar surface area (TPSA) is 49.8 Å². The quantitative estimate of drug-likeness (QED) is 0.678. The van der Waals surface area contributed by atoms with E-state index in [0.29, 0.717) is 23.6 Å². The molecule has 2 aromatic carbocycles. The lowest BCUT2D eigenvalue weighted by Crippen LogP contribution is -2.30. The normalized spacial score (nSPS) is 20.1. The highest BCUT2D eigenvalue weighted by molar-refractivity contribution is 6.00. The summed E-state index contributed by atoms with van der Waals surface area (Å²) in [5, 5.41) is 15.9. The van der Waals surface area contributed by atoms with Gasteiger partial charge >= 0.3 is 6.18 Å². The second-order valence-electron chi connectivity index (χ2n) is 6.44. The first-order chi connectivity index (χ1) is 12.9. The Labute approximate surface area is 152 Å². The van der Waals surface area contributed by atoms with Crippen LogP contribution in [0.1, 0.15) is 5.56 Å². The monoisotopic (exact) mass is 376 g/mol. The van der Waals surface area contributed by atoms with E-state index in [1.54, 1.807) is 0 Å². The summed E-state index contributed by atoms with van der Waals surface area (Å²) in [6, 6.07) is 11.7. The highest BCUT2D eigenvalue weighted by Gasteiger charge is 2.30. The molecule has 0 aliphatic carbocycles. The number of nitrogens with zero attached hydrogens (tertiary/aromatic N) is 2. The Morgan fingerprint density at radius 2 is 1.63 bits per heavy atom. The van der Waals surface area contributed by atoms with Crippen LogP contribution >= 0.6 is 0 Å². The Morgan fingerprint density at radius 1 is 0.926 bits per heavy atom. The van der Waals surface area contributed by atoms with Crippen molar-refractivity contribution in [1.29, 1.82) is 0 Å². The molecule has 1 fully saturated rings. The van der Waals surface area contributed by atoms with Crippen molar-refractivity contribution in [3.63, 3.8) is 0 Å². The van der Waals surface area contributed by atoms with Gasteiger partial charge in [-0.25, -0.2) is 4.39 Å². The summed E-state index contributed by atoms with van der Waals surface area (Å²) < 4.78 is 52.2. The lowest BCUT2D eigenvalue weighted by atomic mass is 10.0. The van der Waals surface area contributed by atoms with Gasteiger partial charge in [-0.05, 0) is 12.1 Å². The van der Waals surface area contributed by atoms with Crippen LogP contribution in [0, 0.1) is 0 Å².